The second-order valence-electron chi connectivity index (χ2n) is 6.99. The second kappa shape index (κ2) is 8.05. The van der Waals surface area contributed by atoms with Gasteiger partial charge >= 0.3 is 0 Å². The zero-order chi connectivity index (χ0) is 18.6. The van der Waals surface area contributed by atoms with Crippen molar-refractivity contribution in [1.29, 1.82) is 0 Å². The summed E-state index contributed by atoms with van der Waals surface area (Å²) in [4.78, 5) is 23.0. The first kappa shape index (κ1) is 19.5. The molecule has 0 spiro atoms. The maximum atomic E-state index is 14.6. The molecule has 1 atom stereocenters. The molecule has 0 saturated carbocycles. The van der Waals surface area contributed by atoms with Gasteiger partial charge in [-0.1, -0.05) is 6.92 Å². The molecule has 0 radical (unpaired) electrons. The van der Waals surface area contributed by atoms with E-state index in [0.29, 0.717) is 25.2 Å². The number of aryl methyl sites for hydroxylation is 1. The molecule has 0 bridgehead atoms. The molecule has 0 N–H and O–H groups in total. The lowest BCUT2D eigenvalue weighted by Crippen LogP contribution is -2.54. The van der Waals surface area contributed by atoms with E-state index in [1.807, 2.05) is 25.7 Å². The van der Waals surface area contributed by atoms with Crippen molar-refractivity contribution in [2.45, 2.75) is 38.9 Å². The Morgan fingerprint density at radius 1 is 1.48 bits per heavy atom. The van der Waals surface area contributed by atoms with Crippen LogP contribution < -0.4 is 4.90 Å². The summed E-state index contributed by atoms with van der Waals surface area (Å²) >= 11 is 0. The highest BCUT2D eigenvalue weighted by molar-refractivity contribution is 5.76. The minimum atomic E-state index is -0.485. The lowest BCUT2D eigenvalue weighted by molar-refractivity contribution is -0.139. The van der Waals surface area contributed by atoms with Gasteiger partial charge in [0.1, 0.15) is 12.9 Å². The van der Waals surface area contributed by atoms with Crippen LogP contribution in [0.15, 0.2) is 6.33 Å². The highest BCUT2D eigenvalue weighted by Gasteiger charge is 2.35. The van der Waals surface area contributed by atoms with Crippen molar-refractivity contribution in [3.63, 3.8) is 0 Å². The molecule has 1 aliphatic heterocycles. The highest BCUT2D eigenvalue weighted by atomic mass is 19.1. The van der Waals surface area contributed by atoms with Crippen molar-refractivity contribution in [2.75, 3.05) is 45.3 Å². The number of likely N-dealkylation sites (N-methyl/N-ethyl adjacent to an activating group) is 1. The smallest absolute Gasteiger partial charge is 0.248 e. The number of morpholine rings is 1. The first-order chi connectivity index (χ1) is 11.7. The predicted octanol–water partition coefficient (Wildman–Crippen LogP) is 1.27. The van der Waals surface area contributed by atoms with Crippen molar-refractivity contribution in [3.8, 4) is 0 Å². The van der Waals surface area contributed by atoms with Crippen molar-refractivity contribution in [1.82, 2.24) is 14.9 Å². The summed E-state index contributed by atoms with van der Waals surface area (Å²) < 4.78 is 26.1. The van der Waals surface area contributed by atoms with Gasteiger partial charge in [0, 0.05) is 27.2 Å². The van der Waals surface area contributed by atoms with E-state index in [9.17, 15) is 9.18 Å². The third-order valence-corrected chi connectivity index (χ3v) is 3.99. The number of rotatable bonds is 6. The fourth-order valence-electron chi connectivity index (χ4n) is 2.81. The van der Waals surface area contributed by atoms with Crippen LogP contribution >= 0.6 is 0 Å². The van der Waals surface area contributed by atoms with Gasteiger partial charge < -0.3 is 19.3 Å². The molecule has 25 heavy (non-hydrogen) atoms. The van der Waals surface area contributed by atoms with Crippen molar-refractivity contribution in [2.24, 2.45) is 0 Å². The van der Waals surface area contributed by atoms with E-state index in [2.05, 4.69) is 9.97 Å². The van der Waals surface area contributed by atoms with Gasteiger partial charge in [-0.25, -0.2) is 14.4 Å². The summed E-state index contributed by atoms with van der Waals surface area (Å²) in [7, 11) is 3.35. The maximum Gasteiger partial charge on any atom is 0.248 e. The average molecular weight is 354 g/mol. The third-order valence-electron chi connectivity index (χ3n) is 3.99. The molecule has 1 unspecified atom stereocenters. The van der Waals surface area contributed by atoms with Crippen molar-refractivity contribution < 1.29 is 18.7 Å². The molecule has 1 saturated heterocycles. The van der Waals surface area contributed by atoms with Gasteiger partial charge in [-0.3, -0.25) is 4.79 Å². The summed E-state index contributed by atoms with van der Waals surface area (Å²) in [5, 5.41) is 0. The summed E-state index contributed by atoms with van der Waals surface area (Å²) in [6.45, 7) is 6.95. The molecule has 0 aromatic carbocycles. The number of hydrogen-bond acceptors (Lipinski definition) is 6. The Kier molecular flexibility index (Phi) is 6.29. The molecular formula is C17H27FN4O3. The van der Waals surface area contributed by atoms with Gasteiger partial charge in [0.2, 0.25) is 5.91 Å². The fourth-order valence-corrected chi connectivity index (χ4v) is 2.81. The molecule has 7 nitrogen and oxygen atoms in total. The summed E-state index contributed by atoms with van der Waals surface area (Å²) in [5.74, 6) is -0.205. The zero-order valence-electron chi connectivity index (χ0n) is 15.6. The van der Waals surface area contributed by atoms with E-state index in [1.165, 1.54) is 11.2 Å². The number of hydrogen-bond donors (Lipinski definition) is 0. The molecule has 8 heteroatoms. The zero-order valence-corrected chi connectivity index (χ0v) is 15.6. The number of ether oxygens (including phenoxy) is 2. The number of amides is 1. The molecule has 140 valence electrons. The SMILES string of the molecule is CCc1ncnc(N2CC(COCC(=O)N(C)C)OC(C)(C)C2)c1F. The summed E-state index contributed by atoms with van der Waals surface area (Å²) in [5.41, 5.74) is -0.0830. The fraction of sp³-hybridized carbons (Fsp3) is 0.706. The Bertz CT molecular complexity index is 610. The highest BCUT2D eigenvalue weighted by Crippen LogP contribution is 2.27. The number of carbonyl (C=O) groups excluding carboxylic acids is 1. The molecule has 1 aliphatic rings. The average Bonchev–Trinajstić information content (AvgIpc) is 2.53. The Balaban J connectivity index is 2.07. The topological polar surface area (TPSA) is 67.8 Å². The Hall–Kier alpha value is -1.80. The van der Waals surface area contributed by atoms with E-state index < -0.39 is 5.60 Å². The maximum absolute atomic E-state index is 14.6. The number of aromatic nitrogens is 2. The quantitative estimate of drug-likeness (QED) is 0.766. The van der Waals surface area contributed by atoms with E-state index >= 15 is 0 Å². The van der Waals surface area contributed by atoms with Crippen LogP contribution in [0.5, 0.6) is 0 Å². The van der Waals surface area contributed by atoms with Crippen LogP contribution in [0.25, 0.3) is 0 Å². The van der Waals surface area contributed by atoms with Gasteiger partial charge in [0.05, 0.1) is 24.0 Å². The van der Waals surface area contributed by atoms with Crippen LogP contribution in [0.4, 0.5) is 10.2 Å². The lowest BCUT2D eigenvalue weighted by atomic mass is 10.1. The van der Waals surface area contributed by atoms with Crippen LogP contribution in [0.1, 0.15) is 26.5 Å². The largest absolute Gasteiger partial charge is 0.369 e. The first-order valence-electron chi connectivity index (χ1n) is 8.43. The number of carbonyl (C=O) groups is 1. The molecule has 1 aromatic heterocycles. The van der Waals surface area contributed by atoms with Crippen LogP contribution in [0.2, 0.25) is 0 Å². The van der Waals surface area contributed by atoms with Gasteiger partial charge in [-0.15, -0.1) is 0 Å². The van der Waals surface area contributed by atoms with Gasteiger partial charge in [0.15, 0.2) is 11.6 Å². The van der Waals surface area contributed by atoms with Gasteiger partial charge in [-0.2, -0.15) is 0 Å². The summed E-state index contributed by atoms with van der Waals surface area (Å²) in [6, 6.07) is 0. The van der Waals surface area contributed by atoms with E-state index in [-0.39, 0.29) is 36.9 Å². The van der Waals surface area contributed by atoms with Crippen molar-refractivity contribution >= 4 is 11.7 Å². The number of halogens is 1. The minimum Gasteiger partial charge on any atom is -0.369 e. The van der Waals surface area contributed by atoms with E-state index in [0.717, 1.165) is 0 Å². The van der Waals surface area contributed by atoms with E-state index in [1.54, 1.807) is 14.1 Å². The van der Waals surface area contributed by atoms with Crippen LogP contribution in [-0.4, -0.2) is 72.9 Å². The molecule has 1 aromatic rings. The Labute approximate surface area is 148 Å². The molecule has 2 rings (SSSR count). The molecule has 0 aliphatic carbocycles. The molecule has 2 heterocycles. The van der Waals surface area contributed by atoms with Crippen LogP contribution in [0, 0.1) is 5.82 Å². The second-order valence-corrected chi connectivity index (χ2v) is 6.99. The first-order valence-corrected chi connectivity index (χ1v) is 8.43. The summed E-state index contributed by atoms with van der Waals surface area (Å²) in [6.07, 6.45) is 1.62. The number of anilines is 1. The predicted molar refractivity (Wildman–Crippen MR) is 92.0 cm³/mol. The standard InChI is InChI=1S/C17H27FN4O3/c1-6-13-15(18)16(20-11-19-13)22-7-12(25-17(2,3)10-22)8-24-9-14(23)21(4)5/h11-12H,6-10H2,1-5H3. The van der Waals surface area contributed by atoms with Crippen LogP contribution in [0.3, 0.4) is 0 Å². The molecule has 1 fully saturated rings. The number of nitrogens with zero attached hydrogens (tertiary/aromatic N) is 4. The van der Waals surface area contributed by atoms with Gasteiger partial charge in [0.25, 0.3) is 0 Å². The Morgan fingerprint density at radius 3 is 2.84 bits per heavy atom. The third kappa shape index (κ3) is 5.09. The van der Waals surface area contributed by atoms with E-state index in [4.69, 9.17) is 9.47 Å². The molecule has 1 amide bonds. The minimum absolute atomic E-state index is 0.00482. The van der Waals surface area contributed by atoms with Gasteiger partial charge in [-0.05, 0) is 20.3 Å². The van der Waals surface area contributed by atoms with Crippen LogP contribution in [-0.2, 0) is 20.7 Å². The monoisotopic (exact) mass is 354 g/mol. The Morgan fingerprint density at radius 2 is 2.20 bits per heavy atom. The molecular weight excluding hydrogens is 327 g/mol. The lowest BCUT2D eigenvalue weighted by Gasteiger charge is -2.43. The van der Waals surface area contributed by atoms with Crippen molar-refractivity contribution in [3.05, 3.63) is 17.8 Å². The normalized spacial score (nSPS) is 19.8.